The van der Waals surface area contributed by atoms with Crippen LogP contribution in [0.25, 0.3) is 0 Å². The molecule has 0 heterocycles. The summed E-state index contributed by atoms with van der Waals surface area (Å²) in [6.45, 7) is 4.29. The first-order valence-corrected chi connectivity index (χ1v) is 4.97. The van der Waals surface area contributed by atoms with Gasteiger partial charge in [0.25, 0.3) is 0 Å². The first-order chi connectivity index (χ1) is 6.02. The van der Waals surface area contributed by atoms with E-state index in [4.69, 9.17) is 5.11 Å². The molecule has 1 aliphatic rings. The fourth-order valence-electron chi connectivity index (χ4n) is 1.97. The number of hydrogen-bond acceptors (Lipinski definition) is 2. The molecule has 0 spiro atoms. The zero-order valence-electron chi connectivity index (χ0n) is 8.66. The Bertz CT molecular complexity index is 191. The highest BCUT2D eigenvalue weighted by atomic mass is 16.4. The van der Waals surface area contributed by atoms with Gasteiger partial charge in [-0.2, -0.15) is 0 Å². The minimum atomic E-state index is -0.625. The van der Waals surface area contributed by atoms with Gasteiger partial charge in [-0.3, -0.25) is 4.79 Å². The molecule has 1 saturated carbocycles. The van der Waals surface area contributed by atoms with Gasteiger partial charge in [0.05, 0.1) is 5.92 Å². The molecule has 1 fully saturated rings. The predicted octanol–water partition coefficient (Wildman–Crippen LogP) is 1.58. The van der Waals surface area contributed by atoms with E-state index >= 15 is 0 Å². The lowest BCUT2D eigenvalue weighted by atomic mass is 10.1. The molecule has 0 amide bonds. The normalized spacial score (nSPS) is 28.7. The molecule has 0 bridgehead atoms. The van der Waals surface area contributed by atoms with Crippen molar-refractivity contribution in [3.8, 4) is 0 Å². The second-order valence-corrected chi connectivity index (χ2v) is 4.26. The van der Waals surface area contributed by atoms with Gasteiger partial charge in [-0.15, -0.1) is 0 Å². The third-order valence-electron chi connectivity index (χ3n) is 3.14. The Morgan fingerprint density at radius 3 is 2.46 bits per heavy atom. The molecule has 0 saturated heterocycles. The molecule has 1 N–H and O–H groups in total. The maximum absolute atomic E-state index is 10.7. The Morgan fingerprint density at radius 1 is 1.46 bits per heavy atom. The van der Waals surface area contributed by atoms with E-state index in [9.17, 15) is 4.79 Å². The summed E-state index contributed by atoms with van der Waals surface area (Å²) in [6, 6.07) is 0.985. The van der Waals surface area contributed by atoms with Crippen molar-refractivity contribution in [2.45, 2.75) is 45.2 Å². The third-order valence-corrected chi connectivity index (χ3v) is 3.14. The molecule has 0 radical (unpaired) electrons. The maximum atomic E-state index is 10.7. The lowest BCUT2D eigenvalue weighted by Crippen LogP contribution is -2.35. The Labute approximate surface area is 79.7 Å². The second kappa shape index (κ2) is 4.09. The summed E-state index contributed by atoms with van der Waals surface area (Å²) in [7, 11) is 2.08. The van der Waals surface area contributed by atoms with Crippen molar-refractivity contribution in [3.05, 3.63) is 0 Å². The number of rotatable bonds is 3. The zero-order chi connectivity index (χ0) is 10.0. The summed E-state index contributed by atoms with van der Waals surface area (Å²) in [5.41, 5.74) is 0. The summed E-state index contributed by atoms with van der Waals surface area (Å²) < 4.78 is 0. The van der Waals surface area contributed by atoms with Crippen LogP contribution >= 0.6 is 0 Å². The number of nitrogens with zero attached hydrogens (tertiary/aromatic N) is 1. The fourth-order valence-corrected chi connectivity index (χ4v) is 1.97. The van der Waals surface area contributed by atoms with Crippen LogP contribution < -0.4 is 0 Å². The standard InChI is InChI=1S/C10H19NO2/c1-7(2)11(3)9-5-4-8(6-9)10(12)13/h7-9H,4-6H2,1-3H3,(H,12,13). The fraction of sp³-hybridized carbons (Fsp3) is 0.900. The van der Waals surface area contributed by atoms with Crippen LogP contribution in [0.3, 0.4) is 0 Å². The molecule has 0 aliphatic heterocycles. The van der Waals surface area contributed by atoms with E-state index in [0.717, 1.165) is 19.3 Å². The number of hydrogen-bond donors (Lipinski definition) is 1. The van der Waals surface area contributed by atoms with Gasteiger partial charge in [-0.05, 0) is 40.2 Å². The van der Waals surface area contributed by atoms with E-state index in [-0.39, 0.29) is 5.92 Å². The van der Waals surface area contributed by atoms with E-state index in [2.05, 4.69) is 25.8 Å². The molecule has 3 nitrogen and oxygen atoms in total. The topological polar surface area (TPSA) is 40.5 Å². The molecule has 76 valence electrons. The monoisotopic (exact) mass is 185 g/mol. The molecule has 3 heteroatoms. The number of carboxylic acid groups (broad SMARTS) is 1. The SMILES string of the molecule is CC(C)N(C)C1CCC(C(=O)O)C1. The molecule has 1 rings (SSSR count). The third kappa shape index (κ3) is 2.44. The Balaban J connectivity index is 2.45. The molecule has 0 aromatic heterocycles. The number of carbonyl (C=O) groups is 1. The highest BCUT2D eigenvalue weighted by molar-refractivity contribution is 5.70. The molecule has 13 heavy (non-hydrogen) atoms. The summed E-state index contributed by atoms with van der Waals surface area (Å²) in [5, 5.41) is 8.83. The number of carboxylic acids is 1. The van der Waals surface area contributed by atoms with Crippen molar-refractivity contribution in [2.75, 3.05) is 7.05 Å². The highest BCUT2D eigenvalue weighted by Gasteiger charge is 2.32. The zero-order valence-corrected chi connectivity index (χ0v) is 8.66. The Hall–Kier alpha value is -0.570. The molecule has 2 atom stereocenters. The molecule has 2 unspecified atom stereocenters. The molecular weight excluding hydrogens is 166 g/mol. The highest BCUT2D eigenvalue weighted by Crippen LogP contribution is 2.29. The van der Waals surface area contributed by atoms with Gasteiger partial charge < -0.3 is 10.0 Å². The molecule has 0 aromatic carbocycles. The second-order valence-electron chi connectivity index (χ2n) is 4.26. The van der Waals surface area contributed by atoms with Crippen molar-refractivity contribution in [1.82, 2.24) is 4.90 Å². The summed E-state index contributed by atoms with van der Waals surface area (Å²) in [6.07, 6.45) is 2.70. The molecule has 1 aliphatic carbocycles. The predicted molar refractivity (Wildman–Crippen MR) is 51.7 cm³/mol. The molecular formula is C10H19NO2. The lowest BCUT2D eigenvalue weighted by Gasteiger charge is -2.27. The Morgan fingerprint density at radius 2 is 2.08 bits per heavy atom. The minimum Gasteiger partial charge on any atom is -0.481 e. The van der Waals surface area contributed by atoms with Gasteiger partial charge in [-0.1, -0.05) is 0 Å². The van der Waals surface area contributed by atoms with Crippen LogP contribution in [-0.4, -0.2) is 35.1 Å². The number of aliphatic carboxylic acids is 1. The van der Waals surface area contributed by atoms with Crippen molar-refractivity contribution < 1.29 is 9.90 Å². The van der Waals surface area contributed by atoms with Crippen LogP contribution in [0.2, 0.25) is 0 Å². The van der Waals surface area contributed by atoms with Gasteiger partial charge in [0.1, 0.15) is 0 Å². The average molecular weight is 185 g/mol. The Kier molecular flexibility index (Phi) is 3.31. The summed E-state index contributed by atoms with van der Waals surface area (Å²) in [5.74, 6) is -0.731. The van der Waals surface area contributed by atoms with Crippen LogP contribution in [0.15, 0.2) is 0 Å². The van der Waals surface area contributed by atoms with Crippen LogP contribution in [-0.2, 0) is 4.79 Å². The minimum absolute atomic E-state index is 0.105. The van der Waals surface area contributed by atoms with E-state index < -0.39 is 5.97 Å². The van der Waals surface area contributed by atoms with Crippen molar-refractivity contribution in [2.24, 2.45) is 5.92 Å². The quantitative estimate of drug-likeness (QED) is 0.725. The van der Waals surface area contributed by atoms with E-state index in [0.29, 0.717) is 12.1 Å². The first-order valence-electron chi connectivity index (χ1n) is 4.97. The first kappa shape index (κ1) is 10.5. The van der Waals surface area contributed by atoms with Gasteiger partial charge in [-0.25, -0.2) is 0 Å². The van der Waals surface area contributed by atoms with Crippen LogP contribution in [0.4, 0.5) is 0 Å². The van der Waals surface area contributed by atoms with Gasteiger partial charge >= 0.3 is 5.97 Å². The van der Waals surface area contributed by atoms with Crippen LogP contribution in [0.5, 0.6) is 0 Å². The van der Waals surface area contributed by atoms with E-state index in [1.807, 2.05) is 0 Å². The van der Waals surface area contributed by atoms with Gasteiger partial charge in [0.15, 0.2) is 0 Å². The van der Waals surface area contributed by atoms with Crippen molar-refractivity contribution in [1.29, 1.82) is 0 Å². The van der Waals surface area contributed by atoms with Crippen molar-refractivity contribution >= 4 is 5.97 Å². The smallest absolute Gasteiger partial charge is 0.306 e. The van der Waals surface area contributed by atoms with Gasteiger partial charge in [0, 0.05) is 12.1 Å². The van der Waals surface area contributed by atoms with E-state index in [1.165, 1.54) is 0 Å². The maximum Gasteiger partial charge on any atom is 0.306 e. The summed E-state index contributed by atoms with van der Waals surface area (Å²) >= 11 is 0. The van der Waals surface area contributed by atoms with E-state index in [1.54, 1.807) is 0 Å². The van der Waals surface area contributed by atoms with Gasteiger partial charge in [0.2, 0.25) is 0 Å². The average Bonchev–Trinajstić information content (AvgIpc) is 2.50. The lowest BCUT2D eigenvalue weighted by molar-refractivity contribution is -0.141. The van der Waals surface area contributed by atoms with Crippen LogP contribution in [0, 0.1) is 5.92 Å². The van der Waals surface area contributed by atoms with Crippen LogP contribution in [0.1, 0.15) is 33.1 Å². The summed E-state index contributed by atoms with van der Waals surface area (Å²) in [4.78, 5) is 13.0. The molecule has 0 aromatic rings. The van der Waals surface area contributed by atoms with Crippen molar-refractivity contribution in [3.63, 3.8) is 0 Å². The largest absolute Gasteiger partial charge is 0.481 e.